The van der Waals surface area contributed by atoms with E-state index in [4.69, 9.17) is 0 Å². The molecule has 1 heteroatoms. The summed E-state index contributed by atoms with van der Waals surface area (Å²) in [6.45, 7) is 8.75. The molecule has 2 rings (SSSR count). The van der Waals surface area contributed by atoms with E-state index in [2.05, 4.69) is 45.9 Å². The molecule has 1 nitrogen and oxygen atoms in total. The fourth-order valence-corrected chi connectivity index (χ4v) is 2.62. The summed E-state index contributed by atoms with van der Waals surface area (Å²) in [6, 6.07) is 18.0. The van der Waals surface area contributed by atoms with Crippen molar-refractivity contribution in [1.82, 2.24) is 0 Å². The lowest BCUT2D eigenvalue weighted by molar-refractivity contribution is -0.109. The number of rotatable bonds is 6. The first-order valence-corrected chi connectivity index (χ1v) is 8.07. The van der Waals surface area contributed by atoms with Crippen LogP contribution >= 0.6 is 0 Å². The summed E-state index contributed by atoms with van der Waals surface area (Å²) in [4.78, 5) is 11.5. The number of carbonyl (C=O) groups excluding carboxylic acids is 1. The Morgan fingerprint density at radius 3 is 1.95 bits per heavy atom. The first-order valence-electron chi connectivity index (χ1n) is 8.07. The van der Waals surface area contributed by atoms with Crippen molar-refractivity contribution in [1.29, 1.82) is 0 Å². The van der Waals surface area contributed by atoms with E-state index in [0.29, 0.717) is 11.8 Å². The molecule has 22 heavy (non-hydrogen) atoms. The molecule has 0 fully saturated rings. The minimum atomic E-state index is -0.0800. The van der Waals surface area contributed by atoms with Gasteiger partial charge in [-0.1, -0.05) is 70.2 Å². The van der Waals surface area contributed by atoms with Crippen molar-refractivity contribution in [3.8, 4) is 0 Å². The van der Waals surface area contributed by atoms with Crippen LogP contribution in [0.1, 0.15) is 67.7 Å². The van der Waals surface area contributed by atoms with Crippen LogP contribution in [0.4, 0.5) is 0 Å². The molecule has 1 atom stereocenters. The summed E-state index contributed by atoms with van der Waals surface area (Å²) in [5, 5.41) is 0. The second kappa shape index (κ2) is 7.40. The van der Waals surface area contributed by atoms with Gasteiger partial charge in [0.05, 0.1) is 0 Å². The van der Waals surface area contributed by atoms with Gasteiger partial charge in [0.1, 0.15) is 6.29 Å². The Morgan fingerprint density at radius 2 is 1.50 bits per heavy atom. The molecule has 0 aliphatic rings. The van der Waals surface area contributed by atoms with E-state index in [9.17, 15) is 4.79 Å². The second-order valence-electron chi connectivity index (χ2n) is 6.57. The molecule has 0 aliphatic carbocycles. The third-order valence-electron chi connectivity index (χ3n) is 4.06. The minimum absolute atomic E-state index is 0.0800. The highest BCUT2D eigenvalue weighted by molar-refractivity contribution is 5.63. The number of carbonyl (C=O) groups is 1. The van der Waals surface area contributed by atoms with E-state index in [1.54, 1.807) is 0 Å². The Kier molecular flexibility index (Phi) is 5.54. The molecule has 2 aromatic rings. The molecule has 0 heterocycles. The molecule has 1 radical (unpaired) electrons. The fraction of sp³-hybridized carbons (Fsp3) is 0.381. The third-order valence-corrected chi connectivity index (χ3v) is 4.06. The van der Waals surface area contributed by atoms with Gasteiger partial charge in [-0.2, -0.15) is 0 Å². The molecule has 0 saturated carbocycles. The third kappa shape index (κ3) is 4.07. The predicted octanol–water partition coefficient (Wildman–Crippen LogP) is 5.26. The predicted molar refractivity (Wildman–Crippen MR) is 92.4 cm³/mol. The van der Waals surface area contributed by atoms with Gasteiger partial charge >= 0.3 is 0 Å². The first kappa shape index (κ1) is 16.5. The van der Waals surface area contributed by atoms with Crippen LogP contribution in [0.15, 0.2) is 42.5 Å². The molecule has 0 bridgehead atoms. The molecule has 115 valence electrons. The average Bonchev–Trinajstić information content (AvgIpc) is 2.53. The van der Waals surface area contributed by atoms with E-state index >= 15 is 0 Å². The van der Waals surface area contributed by atoms with Crippen molar-refractivity contribution in [2.24, 2.45) is 0 Å². The number of hydrogen-bond acceptors (Lipinski definition) is 1. The largest absolute Gasteiger partial charge is 0.303 e. The summed E-state index contributed by atoms with van der Waals surface area (Å²) in [6.07, 6.45) is 1.82. The monoisotopic (exact) mass is 293 g/mol. The van der Waals surface area contributed by atoms with Crippen molar-refractivity contribution >= 4 is 6.29 Å². The van der Waals surface area contributed by atoms with Gasteiger partial charge in [0.2, 0.25) is 0 Å². The number of aldehydes is 1. The quantitative estimate of drug-likeness (QED) is 0.664. The number of benzene rings is 2. The molecule has 0 N–H and O–H groups in total. The SMILES string of the molecule is CC(C)c1[c]c(C(C)C)cc(CC(C=O)c2ccccc2)c1. The Balaban J connectivity index is 2.33. The molecule has 0 amide bonds. The summed E-state index contributed by atoms with van der Waals surface area (Å²) in [5.74, 6) is 0.816. The lowest BCUT2D eigenvalue weighted by Crippen LogP contribution is -2.06. The topological polar surface area (TPSA) is 17.1 Å². The van der Waals surface area contributed by atoms with E-state index in [1.165, 1.54) is 16.7 Å². The Morgan fingerprint density at radius 1 is 0.955 bits per heavy atom. The summed E-state index contributed by atoms with van der Waals surface area (Å²) < 4.78 is 0. The normalized spacial score (nSPS) is 12.6. The molecule has 2 aromatic carbocycles. The van der Waals surface area contributed by atoms with Gasteiger partial charge in [0.15, 0.2) is 0 Å². The fourth-order valence-electron chi connectivity index (χ4n) is 2.62. The zero-order chi connectivity index (χ0) is 16.1. The van der Waals surface area contributed by atoms with Gasteiger partial charge in [-0.25, -0.2) is 0 Å². The van der Waals surface area contributed by atoms with Gasteiger partial charge < -0.3 is 4.79 Å². The lowest BCUT2D eigenvalue weighted by atomic mass is 9.88. The Bertz CT molecular complexity index is 585. The lowest BCUT2D eigenvalue weighted by Gasteiger charge is -2.16. The van der Waals surface area contributed by atoms with Gasteiger partial charge in [0, 0.05) is 5.92 Å². The van der Waals surface area contributed by atoms with E-state index in [0.717, 1.165) is 18.3 Å². The van der Waals surface area contributed by atoms with Crippen LogP contribution in [0.25, 0.3) is 0 Å². The first-order chi connectivity index (χ1) is 10.5. The minimum Gasteiger partial charge on any atom is -0.303 e. The van der Waals surface area contributed by atoms with Gasteiger partial charge in [-0.15, -0.1) is 0 Å². The second-order valence-corrected chi connectivity index (χ2v) is 6.57. The molecule has 0 aromatic heterocycles. The van der Waals surface area contributed by atoms with Crippen LogP contribution in [-0.4, -0.2) is 6.29 Å². The van der Waals surface area contributed by atoms with Gasteiger partial charge in [-0.3, -0.25) is 0 Å². The van der Waals surface area contributed by atoms with Crippen molar-refractivity contribution in [3.63, 3.8) is 0 Å². The maximum absolute atomic E-state index is 11.5. The van der Waals surface area contributed by atoms with Crippen molar-refractivity contribution in [3.05, 3.63) is 70.8 Å². The molecular weight excluding hydrogens is 268 g/mol. The maximum Gasteiger partial charge on any atom is 0.127 e. The summed E-state index contributed by atoms with van der Waals surface area (Å²) >= 11 is 0. The molecular formula is C21H25O. The van der Waals surface area contributed by atoms with Crippen LogP contribution in [0.5, 0.6) is 0 Å². The van der Waals surface area contributed by atoms with Crippen LogP contribution in [0.2, 0.25) is 0 Å². The highest BCUT2D eigenvalue weighted by Crippen LogP contribution is 2.26. The van der Waals surface area contributed by atoms with Crippen LogP contribution < -0.4 is 0 Å². The molecule has 0 saturated heterocycles. The zero-order valence-electron chi connectivity index (χ0n) is 14.0. The van der Waals surface area contributed by atoms with E-state index in [-0.39, 0.29) is 5.92 Å². The van der Waals surface area contributed by atoms with Gasteiger partial charge in [0.25, 0.3) is 0 Å². The Hall–Kier alpha value is -1.89. The maximum atomic E-state index is 11.5. The van der Waals surface area contributed by atoms with Crippen molar-refractivity contribution in [2.75, 3.05) is 0 Å². The van der Waals surface area contributed by atoms with Crippen LogP contribution in [-0.2, 0) is 11.2 Å². The van der Waals surface area contributed by atoms with Gasteiger partial charge in [-0.05, 0) is 46.6 Å². The van der Waals surface area contributed by atoms with Crippen molar-refractivity contribution < 1.29 is 4.79 Å². The van der Waals surface area contributed by atoms with Crippen LogP contribution in [0, 0.1) is 6.07 Å². The summed E-state index contributed by atoms with van der Waals surface area (Å²) in [7, 11) is 0. The highest BCUT2D eigenvalue weighted by Gasteiger charge is 2.14. The van der Waals surface area contributed by atoms with Crippen LogP contribution in [0.3, 0.4) is 0 Å². The van der Waals surface area contributed by atoms with E-state index < -0.39 is 0 Å². The Labute approximate surface area is 134 Å². The standard InChI is InChI=1S/C21H25O/c1-15(2)19-10-17(11-20(13-19)16(3)4)12-21(14-22)18-8-6-5-7-9-18/h5-11,14-16,21H,12H2,1-4H3. The zero-order valence-corrected chi connectivity index (χ0v) is 14.0. The number of hydrogen-bond donors (Lipinski definition) is 0. The smallest absolute Gasteiger partial charge is 0.127 e. The summed E-state index contributed by atoms with van der Waals surface area (Å²) in [5.41, 5.74) is 4.78. The molecule has 0 spiro atoms. The van der Waals surface area contributed by atoms with E-state index in [1.807, 2.05) is 30.3 Å². The highest BCUT2D eigenvalue weighted by atomic mass is 16.1. The molecule has 0 aliphatic heterocycles. The molecule has 1 unspecified atom stereocenters. The van der Waals surface area contributed by atoms with Crippen molar-refractivity contribution in [2.45, 2.75) is 51.9 Å². The average molecular weight is 293 g/mol.